The number of carbonyl (C=O) groups is 2. The number of methoxy groups -OCH3 is 1. The second-order valence-electron chi connectivity index (χ2n) is 7.22. The first-order valence-corrected chi connectivity index (χ1v) is 9.48. The minimum atomic E-state index is -0.267. The molecule has 0 bridgehead atoms. The molecule has 1 unspecified atom stereocenters. The van der Waals surface area contributed by atoms with Crippen LogP contribution in [0.25, 0.3) is 0 Å². The Morgan fingerprint density at radius 1 is 0.893 bits per heavy atom. The van der Waals surface area contributed by atoms with Crippen molar-refractivity contribution in [3.63, 3.8) is 0 Å². The first kappa shape index (κ1) is 21.4. The van der Waals surface area contributed by atoms with Crippen molar-refractivity contribution >= 4 is 11.8 Å². The van der Waals surface area contributed by atoms with E-state index in [1.165, 1.54) is 0 Å². The van der Waals surface area contributed by atoms with Crippen LogP contribution in [0.4, 0.5) is 0 Å². The van der Waals surface area contributed by atoms with Crippen LogP contribution >= 0.6 is 0 Å². The van der Waals surface area contributed by atoms with Gasteiger partial charge in [0.15, 0.2) is 13.1 Å². The molecule has 150 valence electrons. The highest BCUT2D eigenvalue weighted by Crippen LogP contribution is 2.23. The Hall–Kier alpha value is -2.86. The van der Waals surface area contributed by atoms with Crippen LogP contribution in [0, 0.1) is 0 Å². The van der Waals surface area contributed by atoms with Gasteiger partial charge < -0.3 is 20.3 Å². The normalized spacial score (nSPS) is 12.9. The SMILES string of the molecule is COc1ccc([C@@H](NC(=O)C[NH+](C)CC(=O)NC(C)C)c2ccccc2)cc1. The summed E-state index contributed by atoms with van der Waals surface area (Å²) in [6.45, 7) is 4.30. The summed E-state index contributed by atoms with van der Waals surface area (Å²) in [6, 6.07) is 17.3. The maximum absolute atomic E-state index is 12.6. The number of ether oxygens (including phenoxy) is 1. The van der Waals surface area contributed by atoms with E-state index in [0.29, 0.717) is 0 Å². The lowest BCUT2D eigenvalue weighted by Crippen LogP contribution is -3.11. The molecular formula is C22H30N3O3+. The van der Waals surface area contributed by atoms with Gasteiger partial charge in [-0.15, -0.1) is 0 Å². The lowest BCUT2D eigenvalue weighted by Gasteiger charge is -2.21. The summed E-state index contributed by atoms with van der Waals surface area (Å²) in [5, 5.41) is 5.95. The summed E-state index contributed by atoms with van der Waals surface area (Å²) < 4.78 is 5.22. The highest BCUT2D eigenvalue weighted by molar-refractivity contribution is 5.79. The van der Waals surface area contributed by atoms with Gasteiger partial charge in [-0.25, -0.2) is 0 Å². The fourth-order valence-electron chi connectivity index (χ4n) is 3.00. The second kappa shape index (κ2) is 10.5. The zero-order chi connectivity index (χ0) is 20.5. The highest BCUT2D eigenvalue weighted by Gasteiger charge is 2.20. The molecule has 0 heterocycles. The van der Waals surface area contributed by atoms with Crippen molar-refractivity contribution in [2.75, 3.05) is 27.2 Å². The fraction of sp³-hybridized carbons (Fsp3) is 0.364. The summed E-state index contributed by atoms with van der Waals surface area (Å²) >= 11 is 0. The van der Waals surface area contributed by atoms with E-state index in [0.717, 1.165) is 21.8 Å². The van der Waals surface area contributed by atoms with Crippen LogP contribution in [-0.2, 0) is 9.59 Å². The Morgan fingerprint density at radius 3 is 1.96 bits per heavy atom. The summed E-state index contributed by atoms with van der Waals surface area (Å²) in [6.07, 6.45) is 0. The summed E-state index contributed by atoms with van der Waals surface area (Å²) in [5.74, 6) is 0.594. The Balaban J connectivity index is 2.07. The number of nitrogens with one attached hydrogen (secondary N) is 3. The Labute approximate surface area is 166 Å². The minimum absolute atomic E-state index is 0.0601. The first-order chi connectivity index (χ1) is 13.4. The number of likely N-dealkylation sites (N-methyl/N-ethyl adjacent to an activating group) is 1. The van der Waals surface area contributed by atoms with Crippen LogP contribution < -0.4 is 20.3 Å². The third-order valence-corrected chi connectivity index (χ3v) is 4.26. The largest absolute Gasteiger partial charge is 0.497 e. The first-order valence-electron chi connectivity index (χ1n) is 9.48. The molecule has 2 aromatic rings. The molecule has 2 rings (SSSR count). The summed E-state index contributed by atoms with van der Waals surface area (Å²) in [7, 11) is 3.46. The maximum Gasteiger partial charge on any atom is 0.275 e. The van der Waals surface area contributed by atoms with Gasteiger partial charge in [0.1, 0.15) is 5.75 Å². The van der Waals surface area contributed by atoms with Crippen molar-refractivity contribution in [2.45, 2.75) is 25.9 Å². The Morgan fingerprint density at radius 2 is 1.43 bits per heavy atom. The van der Waals surface area contributed by atoms with Crippen LogP contribution in [-0.4, -0.2) is 45.1 Å². The smallest absolute Gasteiger partial charge is 0.275 e. The van der Waals surface area contributed by atoms with Gasteiger partial charge in [0.25, 0.3) is 11.8 Å². The molecule has 0 aliphatic rings. The third kappa shape index (κ3) is 6.70. The van der Waals surface area contributed by atoms with Crippen LogP contribution in [0.3, 0.4) is 0 Å². The number of hydrogen-bond acceptors (Lipinski definition) is 3. The predicted molar refractivity (Wildman–Crippen MR) is 109 cm³/mol. The molecular weight excluding hydrogens is 354 g/mol. The minimum Gasteiger partial charge on any atom is -0.497 e. The molecule has 0 radical (unpaired) electrons. The molecule has 0 aromatic heterocycles. The molecule has 28 heavy (non-hydrogen) atoms. The molecule has 0 spiro atoms. The number of benzene rings is 2. The van der Waals surface area contributed by atoms with Crippen molar-refractivity contribution in [1.29, 1.82) is 0 Å². The predicted octanol–water partition coefficient (Wildman–Crippen LogP) is 0.940. The molecule has 0 aliphatic heterocycles. The van der Waals surface area contributed by atoms with E-state index in [2.05, 4.69) is 10.6 Å². The molecule has 0 fully saturated rings. The van der Waals surface area contributed by atoms with Crippen LogP contribution in [0.5, 0.6) is 5.75 Å². The van der Waals surface area contributed by atoms with Gasteiger partial charge in [0, 0.05) is 6.04 Å². The number of hydrogen-bond donors (Lipinski definition) is 3. The number of rotatable bonds is 9. The fourth-order valence-corrected chi connectivity index (χ4v) is 3.00. The van der Waals surface area contributed by atoms with Gasteiger partial charge >= 0.3 is 0 Å². The van der Waals surface area contributed by atoms with E-state index in [9.17, 15) is 9.59 Å². The zero-order valence-corrected chi connectivity index (χ0v) is 17.0. The van der Waals surface area contributed by atoms with E-state index in [-0.39, 0.29) is 37.0 Å². The number of carbonyl (C=O) groups excluding carboxylic acids is 2. The molecule has 2 aromatic carbocycles. The van der Waals surface area contributed by atoms with E-state index < -0.39 is 0 Å². The lowest BCUT2D eigenvalue weighted by molar-refractivity contribution is -0.862. The van der Waals surface area contributed by atoms with Gasteiger partial charge in [-0.2, -0.15) is 0 Å². The standard InChI is InChI=1S/C22H29N3O3/c1-16(2)23-20(26)14-25(3)15-21(27)24-22(17-8-6-5-7-9-17)18-10-12-19(28-4)13-11-18/h5-13,16,22H,14-15H2,1-4H3,(H,23,26)(H,24,27)/p+1/t22-/m0/s1. The van der Waals surface area contributed by atoms with Gasteiger partial charge in [-0.3, -0.25) is 9.59 Å². The third-order valence-electron chi connectivity index (χ3n) is 4.26. The van der Waals surface area contributed by atoms with Crippen molar-refractivity contribution in [3.05, 3.63) is 65.7 Å². The average molecular weight is 385 g/mol. The van der Waals surface area contributed by atoms with Gasteiger partial charge in [0.05, 0.1) is 20.2 Å². The van der Waals surface area contributed by atoms with Crippen LogP contribution in [0.15, 0.2) is 54.6 Å². The molecule has 0 saturated heterocycles. The Bertz CT molecular complexity index is 760. The molecule has 3 N–H and O–H groups in total. The van der Waals surface area contributed by atoms with E-state index >= 15 is 0 Å². The van der Waals surface area contributed by atoms with Gasteiger partial charge in [-0.05, 0) is 37.1 Å². The van der Waals surface area contributed by atoms with E-state index in [4.69, 9.17) is 4.74 Å². The molecule has 0 saturated carbocycles. The molecule has 2 atom stereocenters. The van der Waals surface area contributed by atoms with E-state index in [1.807, 2.05) is 75.5 Å². The average Bonchev–Trinajstić information content (AvgIpc) is 2.66. The highest BCUT2D eigenvalue weighted by atomic mass is 16.5. The van der Waals surface area contributed by atoms with Crippen LogP contribution in [0.2, 0.25) is 0 Å². The maximum atomic E-state index is 12.6. The topological polar surface area (TPSA) is 71.9 Å². The van der Waals surface area contributed by atoms with Crippen LogP contribution in [0.1, 0.15) is 31.0 Å². The number of quaternary nitrogens is 1. The van der Waals surface area contributed by atoms with Crippen molar-refractivity contribution < 1.29 is 19.2 Å². The molecule has 6 heteroatoms. The second-order valence-corrected chi connectivity index (χ2v) is 7.22. The van der Waals surface area contributed by atoms with Crippen molar-refractivity contribution in [1.82, 2.24) is 10.6 Å². The van der Waals surface area contributed by atoms with E-state index in [1.54, 1.807) is 7.11 Å². The molecule has 6 nitrogen and oxygen atoms in total. The van der Waals surface area contributed by atoms with Crippen molar-refractivity contribution in [2.24, 2.45) is 0 Å². The summed E-state index contributed by atoms with van der Waals surface area (Å²) in [5.41, 5.74) is 1.96. The molecule has 0 aliphatic carbocycles. The lowest BCUT2D eigenvalue weighted by atomic mass is 9.98. The monoisotopic (exact) mass is 384 g/mol. The Kier molecular flexibility index (Phi) is 8.02. The summed E-state index contributed by atoms with van der Waals surface area (Å²) in [4.78, 5) is 25.4. The number of amides is 2. The van der Waals surface area contributed by atoms with Gasteiger partial charge in [-0.1, -0.05) is 42.5 Å². The quantitative estimate of drug-likeness (QED) is 0.603. The zero-order valence-electron chi connectivity index (χ0n) is 17.0. The molecule has 2 amide bonds. The van der Waals surface area contributed by atoms with Gasteiger partial charge in [0.2, 0.25) is 0 Å². The van der Waals surface area contributed by atoms with Crippen molar-refractivity contribution in [3.8, 4) is 5.75 Å².